The molecule has 0 saturated heterocycles. The van der Waals surface area contributed by atoms with Crippen molar-refractivity contribution in [1.29, 1.82) is 0 Å². The Morgan fingerprint density at radius 3 is 2.65 bits per heavy atom. The number of aryl methyl sites for hydroxylation is 2. The first-order chi connectivity index (χ1) is 8.27. The first kappa shape index (κ1) is 12.0. The zero-order valence-electron chi connectivity index (χ0n) is 9.80. The highest BCUT2D eigenvalue weighted by atomic mass is 32.2. The molecule has 0 spiro atoms. The summed E-state index contributed by atoms with van der Waals surface area (Å²) in [5.41, 5.74) is 0.915. The van der Waals surface area contributed by atoms with Gasteiger partial charge >= 0.3 is 0 Å². The molecule has 0 radical (unpaired) electrons. The third-order valence-corrected chi connectivity index (χ3v) is 3.55. The van der Waals surface area contributed by atoms with Crippen LogP contribution in [0.4, 0.5) is 0 Å². The summed E-state index contributed by atoms with van der Waals surface area (Å²) in [5.74, 6) is 0.910. The number of hydrogen-bond acceptors (Lipinski definition) is 2. The summed E-state index contributed by atoms with van der Waals surface area (Å²) in [6, 6.07) is 14.0. The van der Waals surface area contributed by atoms with E-state index in [1.807, 2.05) is 43.5 Å². The smallest absolute Gasteiger partial charge is 0.253 e. The van der Waals surface area contributed by atoms with Crippen molar-refractivity contribution in [2.75, 3.05) is 5.75 Å². The number of thioether (sulfide) groups is 1. The SMILES string of the molecule is Cc1cccn(CCSc2ccccc2)c1=O. The quantitative estimate of drug-likeness (QED) is 0.773. The van der Waals surface area contributed by atoms with E-state index in [9.17, 15) is 4.79 Å². The fourth-order valence-electron chi connectivity index (χ4n) is 1.61. The second-order valence-corrected chi connectivity index (χ2v) is 5.02. The fraction of sp³-hybridized carbons (Fsp3) is 0.214. The molecular weight excluding hydrogens is 230 g/mol. The van der Waals surface area contributed by atoms with Crippen LogP contribution < -0.4 is 5.56 Å². The van der Waals surface area contributed by atoms with Gasteiger partial charge in [0.25, 0.3) is 5.56 Å². The molecule has 2 nitrogen and oxygen atoms in total. The predicted octanol–water partition coefficient (Wildman–Crippen LogP) is 2.95. The van der Waals surface area contributed by atoms with E-state index in [2.05, 4.69) is 12.1 Å². The summed E-state index contributed by atoms with van der Waals surface area (Å²) >= 11 is 1.77. The zero-order chi connectivity index (χ0) is 12.1. The van der Waals surface area contributed by atoms with Crippen LogP contribution in [0.5, 0.6) is 0 Å². The molecule has 0 saturated carbocycles. The average Bonchev–Trinajstić information content (AvgIpc) is 2.36. The third-order valence-electron chi connectivity index (χ3n) is 2.55. The summed E-state index contributed by atoms with van der Waals surface area (Å²) in [6.07, 6.45) is 1.85. The Hall–Kier alpha value is -1.48. The highest BCUT2D eigenvalue weighted by molar-refractivity contribution is 7.99. The summed E-state index contributed by atoms with van der Waals surface area (Å²) < 4.78 is 1.77. The van der Waals surface area contributed by atoms with Crippen LogP contribution in [0, 0.1) is 6.92 Å². The number of pyridine rings is 1. The van der Waals surface area contributed by atoms with Gasteiger partial charge in [-0.05, 0) is 25.1 Å². The molecule has 2 rings (SSSR count). The molecule has 17 heavy (non-hydrogen) atoms. The molecule has 1 aromatic carbocycles. The van der Waals surface area contributed by atoms with Crippen LogP contribution in [0.2, 0.25) is 0 Å². The molecular formula is C14H15NOS. The average molecular weight is 245 g/mol. The van der Waals surface area contributed by atoms with Crippen LogP contribution >= 0.6 is 11.8 Å². The largest absolute Gasteiger partial charge is 0.314 e. The Balaban J connectivity index is 1.95. The molecule has 1 aromatic heterocycles. The zero-order valence-corrected chi connectivity index (χ0v) is 10.6. The van der Waals surface area contributed by atoms with E-state index in [0.29, 0.717) is 0 Å². The molecule has 0 amide bonds. The van der Waals surface area contributed by atoms with E-state index in [4.69, 9.17) is 0 Å². The fourth-order valence-corrected chi connectivity index (χ4v) is 2.48. The van der Waals surface area contributed by atoms with E-state index in [-0.39, 0.29) is 5.56 Å². The maximum atomic E-state index is 11.8. The van der Waals surface area contributed by atoms with Crippen molar-refractivity contribution in [1.82, 2.24) is 4.57 Å². The topological polar surface area (TPSA) is 22.0 Å². The molecule has 2 aromatic rings. The second-order valence-electron chi connectivity index (χ2n) is 3.85. The van der Waals surface area contributed by atoms with Gasteiger partial charge in [0.15, 0.2) is 0 Å². The summed E-state index contributed by atoms with van der Waals surface area (Å²) in [6.45, 7) is 2.60. The second kappa shape index (κ2) is 5.73. The van der Waals surface area contributed by atoms with Crippen LogP contribution in [0.1, 0.15) is 5.56 Å². The Morgan fingerprint density at radius 2 is 1.88 bits per heavy atom. The number of aromatic nitrogens is 1. The molecule has 0 aliphatic heterocycles. The van der Waals surface area contributed by atoms with Crippen LogP contribution in [0.25, 0.3) is 0 Å². The predicted molar refractivity (Wildman–Crippen MR) is 72.6 cm³/mol. The summed E-state index contributed by atoms with van der Waals surface area (Å²) in [4.78, 5) is 13.0. The lowest BCUT2D eigenvalue weighted by molar-refractivity contribution is 0.729. The van der Waals surface area contributed by atoms with Crippen molar-refractivity contribution in [3.63, 3.8) is 0 Å². The van der Waals surface area contributed by atoms with Gasteiger partial charge in [0.1, 0.15) is 0 Å². The highest BCUT2D eigenvalue weighted by Crippen LogP contribution is 2.16. The minimum Gasteiger partial charge on any atom is -0.314 e. The van der Waals surface area contributed by atoms with Gasteiger partial charge in [0.05, 0.1) is 0 Å². The Kier molecular flexibility index (Phi) is 4.04. The summed E-state index contributed by atoms with van der Waals surface area (Å²) in [5, 5.41) is 0. The lowest BCUT2D eigenvalue weighted by Gasteiger charge is -2.06. The molecule has 0 aliphatic carbocycles. The van der Waals surface area contributed by atoms with Gasteiger partial charge in [-0.25, -0.2) is 0 Å². The van der Waals surface area contributed by atoms with E-state index in [1.54, 1.807) is 16.3 Å². The number of rotatable bonds is 4. The highest BCUT2D eigenvalue weighted by Gasteiger charge is 1.98. The van der Waals surface area contributed by atoms with Gasteiger partial charge in [-0.3, -0.25) is 4.79 Å². The lowest BCUT2D eigenvalue weighted by atomic mass is 10.3. The first-order valence-corrected chi connectivity index (χ1v) is 6.60. The minimum atomic E-state index is 0.112. The van der Waals surface area contributed by atoms with E-state index < -0.39 is 0 Å². The minimum absolute atomic E-state index is 0.112. The van der Waals surface area contributed by atoms with Gasteiger partial charge < -0.3 is 4.57 Å². The van der Waals surface area contributed by atoms with Gasteiger partial charge in [0.2, 0.25) is 0 Å². The van der Waals surface area contributed by atoms with Crippen LogP contribution in [0.3, 0.4) is 0 Å². The van der Waals surface area contributed by atoms with Crippen molar-refractivity contribution in [3.05, 3.63) is 64.6 Å². The van der Waals surface area contributed by atoms with Crippen LogP contribution in [-0.4, -0.2) is 10.3 Å². The van der Waals surface area contributed by atoms with E-state index in [0.717, 1.165) is 17.9 Å². The number of benzene rings is 1. The van der Waals surface area contributed by atoms with Crippen molar-refractivity contribution >= 4 is 11.8 Å². The van der Waals surface area contributed by atoms with Crippen LogP contribution in [0.15, 0.2) is 58.4 Å². The molecule has 88 valence electrons. The molecule has 0 aliphatic rings. The number of nitrogens with zero attached hydrogens (tertiary/aromatic N) is 1. The van der Waals surface area contributed by atoms with E-state index in [1.165, 1.54) is 4.90 Å². The third kappa shape index (κ3) is 3.24. The van der Waals surface area contributed by atoms with Gasteiger partial charge in [-0.15, -0.1) is 11.8 Å². The molecule has 3 heteroatoms. The lowest BCUT2D eigenvalue weighted by Crippen LogP contribution is -2.21. The molecule has 0 fully saturated rings. The first-order valence-electron chi connectivity index (χ1n) is 5.61. The maximum Gasteiger partial charge on any atom is 0.253 e. The molecule has 0 N–H and O–H groups in total. The Morgan fingerprint density at radius 1 is 1.12 bits per heavy atom. The van der Waals surface area contributed by atoms with Gasteiger partial charge in [0, 0.05) is 29.0 Å². The van der Waals surface area contributed by atoms with Crippen molar-refractivity contribution in [2.24, 2.45) is 0 Å². The standard InChI is InChI=1S/C14H15NOS/c1-12-6-5-9-15(14(12)16)10-11-17-13-7-3-2-4-8-13/h2-9H,10-11H2,1H3. The Bertz CT molecular complexity index is 533. The summed E-state index contributed by atoms with van der Waals surface area (Å²) in [7, 11) is 0. The van der Waals surface area contributed by atoms with Gasteiger partial charge in [-0.1, -0.05) is 24.3 Å². The normalized spacial score (nSPS) is 10.4. The van der Waals surface area contributed by atoms with Crippen molar-refractivity contribution in [2.45, 2.75) is 18.4 Å². The van der Waals surface area contributed by atoms with E-state index >= 15 is 0 Å². The van der Waals surface area contributed by atoms with Gasteiger partial charge in [-0.2, -0.15) is 0 Å². The molecule has 0 atom stereocenters. The molecule has 0 unspecified atom stereocenters. The Labute approximate surface area is 105 Å². The van der Waals surface area contributed by atoms with Crippen molar-refractivity contribution in [3.8, 4) is 0 Å². The molecule has 0 bridgehead atoms. The van der Waals surface area contributed by atoms with Crippen molar-refractivity contribution < 1.29 is 0 Å². The number of hydrogen-bond donors (Lipinski definition) is 0. The van der Waals surface area contributed by atoms with Crippen LogP contribution in [-0.2, 0) is 6.54 Å². The molecule has 1 heterocycles. The maximum absolute atomic E-state index is 11.8. The monoisotopic (exact) mass is 245 g/mol.